The van der Waals surface area contributed by atoms with Gasteiger partial charge in [0, 0.05) is 19.2 Å². The molecule has 0 aliphatic rings. The van der Waals surface area contributed by atoms with E-state index in [4.69, 9.17) is 16.3 Å². The van der Waals surface area contributed by atoms with Crippen LogP contribution in [0.4, 0.5) is 11.4 Å². The molecule has 10 nitrogen and oxygen atoms in total. The Hall–Kier alpha value is -2.41. The Morgan fingerprint density at radius 1 is 1.07 bits per heavy atom. The fraction of sp³-hybridized carbons (Fsp3) is 0.294. The first-order chi connectivity index (χ1) is 14.0. The molecule has 0 unspecified atom stereocenters. The number of sulfonamides is 2. The number of nitro benzene ring substituents is 1. The zero-order valence-corrected chi connectivity index (χ0v) is 18.7. The van der Waals surface area contributed by atoms with Gasteiger partial charge in [0.1, 0.15) is 10.8 Å². The van der Waals surface area contributed by atoms with Crippen LogP contribution in [0.1, 0.15) is 13.8 Å². The van der Waals surface area contributed by atoms with Crippen molar-refractivity contribution >= 4 is 43.0 Å². The SMILES string of the molecule is CCN(CC)S(=O)(=O)c1ccc(OC)c(NS(=O)(=O)c2ccc(Cl)c([N+](=O)[O-])c2)c1. The van der Waals surface area contributed by atoms with Crippen molar-refractivity contribution in [3.05, 3.63) is 51.5 Å². The number of rotatable bonds is 9. The second kappa shape index (κ2) is 9.16. The Morgan fingerprint density at radius 2 is 1.67 bits per heavy atom. The first-order valence-corrected chi connectivity index (χ1v) is 11.9. The van der Waals surface area contributed by atoms with E-state index in [0.717, 1.165) is 24.3 Å². The Bertz CT molecular complexity index is 1160. The zero-order chi connectivity index (χ0) is 22.7. The fourth-order valence-corrected chi connectivity index (χ4v) is 5.40. The van der Waals surface area contributed by atoms with Gasteiger partial charge in [0.15, 0.2) is 0 Å². The van der Waals surface area contributed by atoms with Crippen LogP contribution >= 0.6 is 11.6 Å². The van der Waals surface area contributed by atoms with Crippen molar-refractivity contribution in [1.82, 2.24) is 4.31 Å². The number of nitrogens with one attached hydrogen (secondary N) is 1. The molecule has 0 amide bonds. The summed E-state index contributed by atoms with van der Waals surface area (Å²) in [6.07, 6.45) is 0. The van der Waals surface area contributed by atoms with Gasteiger partial charge in [-0.2, -0.15) is 4.31 Å². The third-order valence-corrected chi connectivity index (χ3v) is 7.91. The van der Waals surface area contributed by atoms with Gasteiger partial charge in [0.05, 0.1) is 27.5 Å². The van der Waals surface area contributed by atoms with Gasteiger partial charge in [-0.15, -0.1) is 0 Å². The fourth-order valence-electron chi connectivity index (χ4n) is 2.64. The largest absolute Gasteiger partial charge is 0.495 e. The van der Waals surface area contributed by atoms with Gasteiger partial charge in [-0.1, -0.05) is 25.4 Å². The van der Waals surface area contributed by atoms with Crippen LogP contribution in [0, 0.1) is 10.1 Å². The second-order valence-corrected chi connectivity index (χ2v) is 9.95. The van der Waals surface area contributed by atoms with Crippen molar-refractivity contribution < 1.29 is 26.5 Å². The minimum absolute atomic E-state index is 0.0699. The summed E-state index contributed by atoms with van der Waals surface area (Å²) in [5, 5.41) is 10.8. The van der Waals surface area contributed by atoms with E-state index in [0.29, 0.717) is 0 Å². The summed E-state index contributed by atoms with van der Waals surface area (Å²) in [6, 6.07) is 6.76. The van der Waals surface area contributed by atoms with E-state index in [1.807, 2.05) is 0 Å². The van der Waals surface area contributed by atoms with E-state index < -0.39 is 35.6 Å². The van der Waals surface area contributed by atoms with Gasteiger partial charge >= 0.3 is 0 Å². The molecule has 0 atom stereocenters. The first kappa shape index (κ1) is 23.9. The highest BCUT2D eigenvalue weighted by Crippen LogP contribution is 2.32. The van der Waals surface area contributed by atoms with Crippen LogP contribution in [0.2, 0.25) is 5.02 Å². The topological polar surface area (TPSA) is 136 Å². The number of ether oxygens (including phenoxy) is 1. The summed E-state index contributed by atoms with van der Waals surface area (Å²) >= 11 is 5.73. The molecule has 0 bridgehead atoms. The van der Waals surface area contributed by atoms with Crippen molar-refractivity contribution in [3.8, 4) is 5.75 Å². The lowest BCUT2D eigenvalue weighted by molar-refractivity contribution is -0.384. The highest BCUT2D eigenvalue weighted by Gasteiger charge is 2.25. The van der Waals surface area contributed by atoms with Gasteiger partial charge in [-0.3, -0.25) is 14.8 Å². The van der Waals surface area contributed by atoms with Crippen molar-refractivity contribution in [3.63, 3.8) is 0 Å². The number of benzene rings is 2. The number of nitro groups is 1. The quantitative estimate of drug-likeness (QED) is 0.432. The number of halogens is 1. The number of hydrogen-bond donors (Lipinski definition) is 1. The van der Waals surface area contributed by atoms with E-state index >= 15 is 0 Å². The predicted octanol–water partition coefficient (Wildman–Crippen LogP) is 3.09. The molecule has 30 heavy (non-hydrogen) atoms. The van der Waals surface area contributed by atoms with Crippen LogP contribution < -0.4 is 9.46 Å². The highest BCUT2D eigenvalue weighted by molar-refractivity contribution is 7.92. The monoisotopic (exact) mass is 477 g/mol. The molecule has 0 aromatic heterocycles. The average Bonchev–Trinajstić information content (AvgIpc) is 2.68. The van der Waals surface area contributed by atoms with Crippen molar-refractivity contribution in [2.45, 2.75) is 23.6 Å². The van der Waals surface area contributed by atoms with Gasteiger partial charge in [0.25, 0.3) is 15.7 Å². The minimum atomic E-state index is -4.31. The molecule has 2 aromatic carbocycles. The van der Waals surface area contributed by atoms with Crippen LogP contribution in [-0.2, 0) is 20.0 Å². The number of hydrogen-bond acceptors (Lipinski definition) is 7. The Labute approximate surface area is 179 Å². The number of nitrogens with zero attached hydrogens (tertiary/aromatic N) is 2. The smallest absolute Gasteiger partial charge is 0.289 e. The molecule has 0 heterocycles. The van der Waals surface area contributed by atoms with E-state index in [2.05, 4.69) is 4.72 Å². The normalized spacial score (nSPS) is 12.0. The van der Waals surface area contributed by atoms with Crippen LogP contribution in [-0.4, -0.2) is 46.3 Å². The summed E-state index contributed by atoms with van der Waals surface area (Å²) < 4.78 is 59.6. The van der Waals surface area contributed by atoms with Gasteiger partial charge in [-0.25, -0.2) is 16.8 Å². The van der Waals surface area contributed by atoms with E-state index in [9.17, 15) is 26.9 Å². The standard InChI is InChI=1S/C17H20ClN3O7S2/c1-4-20(5-2)30(26,27)13-7-9-17(28-3)15(10-13)19-29(24,25)12-6-8-14(18)16(11-12)21(22)23/h6-11,19H,4-5H2,1-3H3. The molecule has 0 aliphatic heterocycles. The Morgan fingerprint density at radius 3 is 2.20 bits per heavy atom. The predicted molar refractivity (Wildman–Crippen MR) is 112 cm³/mol. The summed E-state index contributed by atoms with van der Waals surface area (Å²) in [5.41, 5.74) is -0.715. The van der Waals surface area contributed by atoms with Crippen LogP contribution in [0.3, 0.4) is 0 Å². The molecule has 0 radical (unpaired) electrons. The lowest BCUT2D eigenvalue weighted by atomic mass is 10.3. The molecule has 2 aromatic rings. The van der Waals surface area contributed by atoms with Gasteiger partial charge in [-0.05, 0) is 30.3 Å². The molecule has 0 saturated carbocycles. The summed E-state index contributed by atoms with van der Waals surface area (Å²) in [5.74, 6) is 0.0699. The first-order valence-electron chi connectivity index (χ1n) is 8.62. The van der Waals surface area contributed by atoms with Gasteiger partial charge < -0.3 is 4.74 Å². The maximum Gasteiger partial charge on any atom is 0.289 e. The third-order valence-electron chi connectivity index (χ3n) is 4.18. The van der Waals surface area contributed by atoms with Crippen molar-refractivity contribution in [2.75, 3.05) is 24.9 Å². The van der Waals surface area contributed by atoms with Crippen LogP contribution in [0.15, 0.2) is 46.2 Å². The molecular weight excluding hydrogens is 458 g/mol. The molecule has 2 rings (SSSR count). The maximum atomic E-state index is 12.8. The lowest BCUT2D eigenvalue weighted by Gasteiger charge is -2.20. The second-order valence-electron chi connectivity index (χ2n) is 5.93. The van der Waals surface area contributed by atoms with E-state index in [-0.39, 0.29) is 34.4 Å². The molecular formula is C17H20ClN3O7S2. The molecule has 164 valence electrons. The average molecular weight is 478 g/mol. The number of methoxy groups -OCH3 is 1. The molecule has 0 spiro atoms. The third kappa shape index (κ3) is 4.83. The molecule has 0 aliphatic carbocycles. The number of anilines is 1. The molecule has 13 heteroatoms. The minimum Gasteiger partial charge on any atom is -0.495 e. The summed E-state index contributed by atoms with van der Waals surface area (Å²) in [6.45, 7) is 3.84. The highest BCUT2D eigenvalue weighted by atomic mass is 35.5. The zero-order valence-electron chi connectivity index (χ0n) is 16.3. The summed E-state index contributed by atoms with van der Waals surface area (Å²) in [7, 11) is -6.88. The van der Waals surface area contributed by atoms with Crippen LogP contribution in [0.5, 0.6) is 5.75 Å². The lowest BCUT2D eigenvalue weighted by Crippen LogP contribution is -2.30. The Kier molecular flexibility index (Phi) is 7.29. The van der Waals surface area contributed by atoms with E-state index in [1.54, 1.807) is 13.8 Å². The molecule has 0 saturated heterocycles. The van der Waals surface area contributed by atoms with Gasteiger partial charge in [0.2, 0.25) is 10.0 Å². The Balaban J connectivity index is 2.54. The van der Waals surface area contributed by atoms with Crippen molar-refractivity contribution in [2.24, 2.45) is 0 Å². The van der Waals surface area contributed by atoms with E-state index in [1.165, 1.54) is 23.5 Å². The summed E-state index contributed by atoms with van der Waals surface area (Å²) in [4.78, 5) is 9.69. The molecule has 1 N–H and O–H groups in total. The van der Waals surface area contributed by atoms with Crippen molar-refractivity contribution in [1.29, 1.82) is 0 Å². The van der Waals surface area contributed by atoms with Crippen LogP contribution in [0.25, 0.3) is 0 Å². The molecule has 0 fully saturated rings. The maximum absolute atomic E-state index is 12.8.